The lowest BCUT2D eigenvalue weighted by Gasteiger charge is -2.13. The first-order valence-corrected chi connectivity index (χ1v) is 6.73. The Bertz CT molecular complexity index is 543. The largest absolute Gasteiger partial charge is 0.333 e. The molecule has 100 valence electrons. The minimum Gasteiger partial charge on any atom is -0.333 e. The number of anilines is 1. The zero-order chi connectivity index (χ0) is 13.7. The number of nitrogens with one attached hydrogen (secondary N) is 1. The number of amides is 2. The summed E-state index contributed by atoms with van der Waals surface area (Å²) >= 11 is 1.28. The fourth-order valence-corrected chi connectivity index (χ4v) is 2.44. The average molecular weight is 278 g/mol. The second-order valence-electron chi connectivity index (χ2n) is 4.00. The van der Waals surface area contributed by atoms with Crippen molar-refractivity contribution in [1.82, 2.24) is 9.88 Å². The number of hydrogen-bond donors (Lipinski definition) is 2. The van der Waals surface area contributed by atoms with E-state index in [1.54, 1.807) is 11.1 Å². The predicted molar refractivity (Wildman–Crippen MR) is 72.5 cm³/mol. The molecule has 0 atom stereocenters. The molecule has 0 unspecified atom stereocenters. The summed E-state index contributed by atoms with van der Waals surface area (Å²) in [5, 5.41) is 3.15. The summed E-state index contributed by atoms with van der Waals surface area (Å²) in [4.78, 5) is 29.5. The van der Waals surface area contributed by atoms with Crippen LogP contribution < -0.4 is 11.1 Å². The van der Waals surface area contributed by atoms with Crippen LogP contribution in [0.5, 0.6) is 0 Å². The van der Waals surface area contributed by atoms with E-state index in [1.807, 2.05) is 0 Å². The standard InChI is InChI=1S/C12H14N4O2S/c13-5-1-3-9-7-14-12(19-9)15-10(17)8-16-6-2-4-11(16)18/h7H,2,4-6,8,13H2,(H,14,15,17). The number of likely N-dealkylation sites (tertiary alicyclic amines) is 1. The summed E-state index contributed by atoms with van der Waals surface area (Å²) in [7, 11) is 0. The van der Waals surface area contributed by atoms with Gasteiger partial charge in [-0.1, -0.05) is 23.2 Å². The molecule has 2 heterocycles. The van der Waals surface area contributed by atoms with Gasteiger partial charge in [-0.3, -0.25) is 9.59 Å². The summed E-state index contributed by atoms with van der Waals surface area (Å²) in [5.74, 6) is 5.36. The van der Waals surface area contributed by atoms with Gasteiger partial charge in [0.25, 0.3) is 0 Å². The number of nitrogens with zero attached hydrogens (tertiary/aromatic N) is 2. The molecule has 0 aromatic carbocycles. The molecule has 6 nitrogen and oxygen atoms in total. The first-order valence-electron chi connectivity index (χ1n) is 5.91. The van der Waals surface area contributed by atoms with Gasteiger partial charge in [-0.2, -0.15) is 0 Å². The molecule has 1 aliphatic heterocycles. The molecule has 2 amide bonds. The molecule has 1 aliphatic rings. The summed E-state index contributed by atoms with van der Waals surface area (Å²) in [6.07, 6.45) is 2.94. The summed E-state index contributed by atoms with van der Waals surface area (Å²) in [5.41, 5.74) is 5.27. The van der Waals surface area contributed by atoms with Crippen LogP contribution in [-0.4, -0.2) is 41.3 Å². The first-order chi connectivity index (χ1) is 9.19. The summed E-state index contributed by atoms with van der Waals surface area (Å²) < 4.78 is 0. The molecule has 0 radical (unpaired) electrons. The highest BCUT2D eigenvalue weighted by Gasteiger charge is 2.22. The molecule has 0 aliphatic carbocycles. The number of rotatable bonds is 3. The molecule has 0 spiro atoms. The van der Waals surface area contributed by atoms with Crippen molar-refractivity contribution in [3.8, 4) is 11.8 Å². The van der Waals surface area contributed by atoms with Crippen molar-refractivity contribution in [1.29, 1.82) is 0 Å². The second-order valence-corrected chi connectivity index (χ2v) is 5.03. The van der Waals surface area contributed by atoms with Gasteiger partial charge in [0.2, 0.25) is 11.8 Å². The van der Waals surface area contributed by atoms with Crippen LogP contribution in [-0.2, 0) is 9.59 Å². The Morgan fingerprint density at radius 2 is 2.47 bits per heavy atom. The maximum atomic E-state index is 11.7. The number of carbonyl (C=O) groups excluding carboxylic acids is 2. The quantitative estimate of drug-likeness (QED) is 0.763. The Hall–Kier alpha value is -1.91. The van der Waals surface area contributed by atoms with Crippen LogP contribution >= 0.6 is 11.3 Å². The van der Waals surface area contributed by atoms with Gasteiger partial charge in [0.15, 0.2) is 5.13 Å². The van der Waals surface area contributed by atoms with E-state index < -0.39 is 0 Å². The SMILES string of the molecule is NCC#Cc1cnc(NC(=O)CN2CCCC2=O)s1. The fourth-order valence-electron chi connectivity index (χ4n) is 1.73. The number of aromatic nitrogens is 1. The van der Waals surface area contributed by atoms with Crippen molar-refractivity contribution in [3.05, 3.63) is 11.1 Å². The van der Waals surface area contributed by atoms with Gasteiger partial charge in [-0.05, 0) is 6.42 Å². The van der Waals surface area contributed by atoms with Crippen molar-refractivity contribution in [2.45, 2.75) is 12.8 Å². The van der Waals surface area contributed by atoms with Crippen LogP contribution in [0.2, 0.25) is 0 Å². The highest BCUT2D eigenvalue weighted by atomic mass is 32.1. The molecule has 19 heavy (non-hydrogen) atoms. The number of thiazole rings is 1. The van der Waals surface area contributed by atoms with Crippen molar-refractivity contribution in [2.75, 3.05) is 25.0 Å². The second kappa shape index (κ2) is 6.31. The molecule has 0 bridgehead atoms. The van der Waals surface area contributed by atoms with Crippen LogP contribution in [0.3, 0.4) is 0 Å². The lowest BCUT2D eigenvalue weighted by Crippen LogP contribution is -2.33. The molecule has 0 saturated carbocycles. The molecular formula is C12H14N4O2S. The Balaban J connectivity index is 1.88. The van der Waals surface area contributed by atoms with Crippen molar-refractivity contribution < 1.29 is 9.59 Å². The van der Waals surface area contributed by atoms with E-state index in [-0.39, 0.29) is 24.9 Å². The zero-order valence-electron chi connectivity index (χ0n) is 10.3. The number of hydrogen-bond acceptors (Lipinski definition) is 5. The highest BCUT2D eigenvalue weighted by Crippen LogP contribution is 2.17. The van der Waals surface area contributed by atoms with E-state index in [9.17, 15) is 9.59 Å². The van der Waals surface area contributed by atoms with Gasteiger partial charge in [0.05, 0.1) is 24.2 Å². The predicted octanol–water partition coefficient (Wildman–Crippen LogP) is 0.0142. The van der Waals surface area contributed by atoms with E-state index in [2.05, 4.69) is 22.1 Å². The monoisotopic (exact) mass is 278 g/mol. The van der Waals surface area contributed by atoms with E-state index in [1.165, 1.54) is 11.3 Å². The highest BCUT2D eigenvalue weighted by molar-refractivity contribution is 7.16. The van der Waals surface area contributed by atoms with Gasteiger partial charge >= 0.3 is 0 Å². The molecule has 3 N–H and O–H groups in total. The minimum absolute atomic E-state index is 0.0313. The Labute approximate surface area is 115 Å². The Morgan fingerprint density at radius 1 is 1.63 bits per heavy atom. The third-order valence-corrected chi connectivity index (χ3v) is 3.40. The summed E-state index contributed by atoms with van der Waals surface area (Å²) in [6.45, 7) is 1.02. The lowest BCUT2D eigenvalue weighted by molar-refractivity contribution is -0.131. The average Bonchev–Trinajstić information content (AvgIpc) is 2.97. The van der Waals surface area contributed by atoms with Crippen LogP contribution in [0.25, 0.3) is 0 Å². The maximum Gasteiger partial charge on any atom is 0.245 e. The summed E-state index contributed by atoms with van der Waals surface area (Å²) in [6, 6.07) is 0. The topological polar surface area (TPSA) is 88.3 Å². The lowest BCUT2D eigenvalue weighted by atomic mass is 10.4. The van der Waals surface area contributed by atoms with Gasteiger partial charge in [-0.25, -0.2) is 4.98 Å². The third kappa shape index (κ3) is 3.77. The van der Waals surface area contributed by atoms with Gasteiger partial charge in [0, 0.05) is 13.0 Å². The maximum absolute atomic E-state index is 11.7. The normalized spacial score (nSPS) is 14.2. The van der Waals surface area contributed by atoms with Crippen LogP contribution in [0.15, 0.2) is 6.20 Å². The molecule has 1 aromatic rings. The molecular weight excluding hydrogens is 264 g/mol. The number of carbonyl (C=O) groups is 2. The van der Waals surface area contributed by atoms with Gasteiger partial charge in [-0.15, -0.1) is 0 Å². The van der Waals surface area contributed by atoms with Gasteiger partial charge in [0.1, 0.15) is 0 Å². The van der Waals surface area contributed by atoms with Crippen LogP contribution in [0, 0.1) is 11.8 Å². The molecule has 2 rings (SSSR count). The zero-order valence-corrected chi connectivity index (χ0v) is 11.1. The van der Waals surface area contributed by atoms with Crippen molar-refractivity contribution in [3.63, 3.8) is 0 Å². The fraction of sp³-hybridized carbons (Fsp3) is 0.417. The van der Waals surface area contributed by atoms with E-state index in [0.717, 1.165) is 11.3 Å². The van der Waals surface area contributed by atoms with Crippen molar-refractivity contribution in [2.24, 2.45) is 5.73 Å². The van der Waals surface area contributed by atoms with Crippen LogP contribution in [0.4, 0.5) is 5.13 Å². The third-order valence-electron chi connectivity index (χ3n) is 2.57. The number of nitrogens with two attached hydrogens (primary N) is 1. The Morgan fingerprint density at radius 3 is 3.16 bits per heavy atom. The smallest absolute Gasteiger partial charge is 0.245 e. The van der Waals surface area contributed by atoms with Gasteiger partial charge < -0.3 is 16.0 Å². The van der Waals surface area contributed by atoms with Crippen molar-refractivity contribution >= 4 is 28.3 Å². The van der Waals surface area contributed by atoms with E-state index in [0.29, 0.717) is 18.1 Å². The molecule has 1 fully saturated rings. The Kier molecular flexibility index (Phi) is 4.49. The molecule has 1 saturated heterocycles. The first kappa shape index (κ1) is 13.5. The molecule has 7 heteroatoms. The molecule has 1 aromatic heterocycles. The van der Waals surface area contributed by atoms with E-state index in [4.69, 9.17) is 5.73 Å². The van der Waals surface area contributed by atoms with Crippen LogP contribution in [0.1, 0.15) is 17.7 Å². The van der Waals surface area contributed by atoms with E-state index >= 15 is 0 Å². The minimum atomic E-state index is -0.233.